The molecule has 0 bridgehead atoms. The Kier molecular flexibility index (Phi) is 18.0. The molecule has 16 heteroatoms. The van der Waals surface area contributed by atoms with Crippen LogP contribution in [0, 0.1) is 59.7 Å². The van der Waals surface area contributed by atoms with E-state index in [-0.39, 0.29) is 59.7 Å². The molecule has 0 amide bonds. The minimum Gasteiger partial charge on any atom is -0.334 e. The fourth-order valence-electron chi connectivity index (χ4n) is 0.799. The largest absolute Gasteiger partial charge is 3.00 e. The third-order valence-electron chi connectivity index (χ3n) is 1.84. The summed E-state index contributed by atoms with van der Waals surface area (Å²) >= 11 is 0. The van der Waals surface area contributed by atoms with E-state index in [4.69, 9.17) is 0 Å². The first-order chi connectivity index (χ1) is 13.0. The van der Waals surface area contributed by atoms with Crippen molar-refractivity contribution < 1.29 is 109 Å². The fourth-order valence-corrected chi connectivity index (χ4v) is 0.799. The predicted molar refractivity (Wildman–Crippen MR) is 78.1 cm³/mol. The molecule has 0 unspecified atom stereocenters. The van der Waals surface area contributed by atoms with Gasteiger partial charge in [-0.25, -0.2) is 0 Å². The zero-order chi connectivity index (χ0) is 25.1. The Labute approximate surface area is 201 Å². The van der Waals surface area contributed by atoms with Crippen molar-refractivity contribution in [2.75, 3.05) is 0 Å². The summed E-state index contributed by atoms with van der Waals surface area (Å²) in [6.07, 6.45) is -14.7. The number of alkyl halides is 9. The van der Waals surface area contributed by atoms with Crippen LogP contribution in [0.3, 0.4) is 0 Å². The summed E-state index contributed by atoms with van der Waals surface area (Å²) in [5, 5.41) is 0. The number of Topliss-reactive ketones (excluding diaryl/α,β-unsaturated/α-hetero) is 6. The van der Waals surface area contributed by atoms with Crippen LogP contribution in [0.25, 0.3) is 0 Å². The monoisotopic (exact) mass is 611 g/mol. The van der Waals surface area contributed by atoms with E-state index in [1.165, 1.54) is 0 Å². The Morgan fingerprint density at radius 2 is 0.581 bits per heavy atom. The van der Waals surface area contributed by atoms with Crippen LogP contribution in [-0.2, 0) is 28.8 Å². The van der Waals surface area contributed by atoms with E-state index in [1.54, 1.807) is 0 Å². The third-order valence-corrected chi connectivity index (χ3v) is 1.84. The topological polar surface area (TPSA) is 102 Å². The van der Waals surface area contributed by atoms with Crippen molar-refractivity contribution in [1.29, 1.82) is 0 Å². The molecule has 0 atom stereocenters. The summed E-state index contributed by atoms with van der Waals surface area (Å²) in [7, 11) is 0. The van der Waals surface area contributed by atoms with Gasteiger partial charge in [0.2, 0.25) is 0 Å². The zero-order valence-electron chi connectivity index (χ0n) is 15.5. The third kappa shape index (κ3) is 24.5. The van der Waals surface area contributed by atoms with Crippen molar-refractivity contribution >= 4 is 34.7 Å². The summed E-state index contributed by atoms with van der Waals surface area (Å²) in [4.78, 5) is 59.4. The summed E-state index contributed by atoms with van der Waals surface area (Å²) in [6.45, 7) is 2.64. The normalized spacial score (nSPS) is 10.5. The second-order valence-corrected chi connectivity index (χ2v) is 4.85. The molecule has 6 nitrogen and oxygen atoms in total. The quantitative estimate of drug-likeness (QED) is 0.261. The van der Waals surface area contributed by atoms with Crippen LogP contribution in [0.2, 0.25) is 0 Å². The fraction of sp³-hybridized carbons (Fsp3) is 0.400. The van der Waals surface area contributed by atoms with E-state index in [1.807, 2.05) is 0 Å². The molecule has 0 fully saturated rings. The van der Waals surface area contributed by atoms with Crippen molar-refractivity contribution in [2.45, 2.75) is 39.3 Å². The molecule has 0 spiro atoms. The van der Waals surface area contributed by atoms with Gasteiger partial charge in [0.05, 0.1) is 0 Å². The van der Waals surface area contributed by atoms with E-state index in [0.29, 0.717) is 0 Å². The predicted octanol–water partition coefficient (Wildman–Crippen LogP) is 2.73. The van der Waals surface area contributed by atoms with Crippen molar-refractivity contribution in [3.05, 3.63) is 19.3 Å². The number of ketones is 6. The van der Waals surface area contributed by atoms with Crippen molar-refractivity contribution in [3.8, 4) is 0 Å². The molecule has 0 aliphatic carbocycles. The number of hydrogen-bond acceptors (Lipinski definition) is 6. The van der Waals surface area contributed by atoms with E-state index in [0.717, 1.165) is 20.8 Å². The van der Waals surface area contributed by atoms with Crippen LogP contribution >= 0.6 is 0 Å². The van der Waals surface area contributed by atoms with Gasteiger partial charge in [0.25, 0.3) is 0 Å². The number of carbonyl (C=O) groups is 6. The van der Waals surface area contributed by atoms with Gasteiger partial charge in [-0.05, 0) is 20.8 Å². The number of carbonyl (C=O) groups excluding carboxylic acids is 6. The van der Waals surface area contributed by atoms with Gasteiger partial charge < -0.3 is 28.8 Å². The Morgan fingerprint density at radius 1 is 0.452 bits per heavy atom. The Bertz CT molecular complexity index is 573. The Hall–Kier alpha value is -1.66. The molecule has 0 saturated carbocycles. The molecule has 31 heavy (non-hydrogen) atoms. The van der Waals surface area contributed by atoms with Crippen LogP contribution in [0.5, 0.6) is 0 Å². The van der Waals surface area contributed by atoms with Crippen molar-refractivity contribution in [3.63, 3.8) is 0 Å². The van der Waals surface area contributed by atoms with E-state index in [2.05, 4.69) is 0 Å². The van der Waals surface area contributed by atoms with Gasteiger partial charge in [-0.2, -0.15) is 39.5 Å². The molecule has 0 N–H and O–H groups in total. The molecule has 1 radical (unpaired) electrons. The van der Waals surface area contributed by atoms with Gasteiger partial charge in [0, 0.05) is 17.3 Å². The van der Waals surface area contributed by atoms with Crippen LogP contribution in [0.15, 0.2) is 0 Å². The van der Waals surface area contributed by atoms with Gasteiger partial charge in [-0.1, -0.05) is 0 Å². The Morgan fingerprint density at radius 3 is 0.613 bits per heavy atom. The van der Waals surface area contributed by atoms with Crippen LogP contribution in [0.1, 0.15) is 20.8 Å². The molecule has 177 valence electrons. The average Bonchev–Trinajstić information content (AvgIpc) is 2.43. The minimum atomic E-state index is -4.92. The molecule has 0 heterocycles. The van der Waals surface area contributed by atoms with Gasteiger partial charge >= 0.3 is 58.9 Å². The number of hydrogen-bond donors (Lipinski definition) is 0. The molecule has 0 aromatic heterocycles. The van der Waals surface area contributed by atoms with Crippen LogP contribution < -0.4 is 0 Å². The summed E-state index contributed by atoms with van der Waals surface area (Å²) in [5.74, 6) is -9.04. The van der Waals surface area contributed by atoms with Gasteiger partial charge in [-0.3, -0.25) is 19.3 Å². The second kappa shape index (κ2) is 15.2. The van der Waals surface area contributed by atoms with Gasteiger partial charge in [0.15, 0.2) is 0 Å². The second-order valence-electron chi connectivity index (χ2n) is 4.85. The first-order valence-corrected chi connectivity index (χ1v) is 6.91. The van der Waals surface area contributed by atoms with Gasteiger partial charge in [-0.15, -0.1) is 0 Å². The van der Waals surface area contributed by atoms with E-state index >= 15 is 0 Å². The first-order valence-electron chi connectivity index (χ1n) is 6.91. The summed E-state index contributed by atoms with van der Waals surface area (Å²) in [5.41, 5.74) is 0. The number of rotatable bonds is 6. The van der Waals surface area contributed by atoms with Crippen molar-refractivity contribution in [1.82, 2.24) is 0 Å². The maximum Gasteiger partial charge on any atom is 3.00 e. The van der Waals surface area contributed by atoms with Crippen LogP contribution in [0.4, 0.5) is 39.5 Å². The standard InChI is InChI=1S/3C5H4F3O2.Sm/c3*1-3(9)2-4(10)5(6,7)8;/h3*2H,1H3;/q3*-1;+3. The van der Waals surface area contributed by atoms with Gasteiger partial charge in [0.1, 0.15) is 17.3 Å². The summed E-state index contributed by atoms with van der Waals surface area (Å²) < 4.78 is 101. The Balaban J connectivity index is -0.000000174. The minimum absolute atomic E-state index is 0. The van der Waals surface area contributed by atoms with Crippen molar-refractivity contribution in [2.24, 2.45) is 0 Å². The molecule has 0 aromatic carbocycles. The van der Waals surface area contributed by atoms with E-state index in [9.17, 15) is 68.3 Å². The smallest absolute Gasteiger partial charge is 0.334 e. The molecule has 0 saturated heterocycles. The maximum absolute atomic E-state index is 11.3. The molecular formula is C15H12F9O6Sm. The molecule has 0 aromatic rings. The zero-order valence-corrected chi connectivity index (χ0v) is 18.1. The molecular weight excluding hydrogens is 598 g/mol. The first kappa shape index (κ1) is 36.7. The van der Waals surface area contributed by atoms with E-state index < -0.39 is 53.2 Å². The van der Waals surface area contributed by atoms with Crippen LogP contribution in [-0.4, -0.2) is 53.2 Å². The molecule has 0 rings (SSSR count). The SMILES string of the molecule is CC(=O)[CH-]C(=O)C(F)(F)F.CC(=O)[CH-]C(=O)C(F)(F)F.CC(=O)[CH-]C(=O)C(F)(F)F.[Sm+3]. The molecule has 0 aliphatic heterocycles. The number of halogens is 9. The summed E-state index contributed by atoms with van der Waals surface area (Å²) in [6, 6.07) is 0. The maximum atomic E-state index is 11.3. The molecule has 0 aliphatic rings. The average molecular weight is 610 g/mol.